The Bertz CT molecular complexity index is 1090. The van der Waals surface area contributed by atoms with Gasteiger partial charge in [-0.25, -0.2) is 0 Å². The lowest BCUT2D eigenvalue weighted by Gasteiger charge is -2.34. The molecule has 2 saturated heterocycles. The molecule has 2 fully saturated rings. The van der Waals surface area contributed by atoms with Crippen molar-refractivity contribution in [2.45, 2.75) is 50.3 Å². The Morgan fingerprint density at radius 1 is 1.27 bits per heavy atom. The third-order valence-electron chi connectivity index (χ3n) is 6.54. The molecular weight excluding hydrogens is 410 g/mol. The van der Waals surface area contributed by atoms with Gasteiger partial charge in [-0.3, -0.25) is 9.69 Å². The first-order valence-corrected chi connectivity index (χ1v) is 12.6. The van der Waals surface area contributed by atoms with E-state index in [1.807, 2.05) is 17.4 Å². The molecule has 158 valence electrons. The molecule has 0 saturated carbocycles. The summed E-state index contributed by atoms with van der Waals surface area (Å²) in [6.45, 7) is 8.11. The topological polar surface area (TPSA) is 62.1 Å². The molecular formula is C24H29N3OS2. The molecule has 0 radical (unpaired) electrons. The highest BCUT2D eigenvalue weighted by Gasteiger charge is 2.31. The largest absolute Gasteiger partial charge is 0.366 e. The van der Waals surface area contributed by atoms with Gasteiger partial charge in [-0.2, -0.15) is 11.8 Å². The molecule has 1 atom stereocenters. The van der Waals surface area contributed by atoms with Crippen LogP contribution in [0.15, 0.2) is 29.8 Å². The summed E-state index contributed by atoms with van der Waals surface area (Å²) < 4.78 is 0.287. The molecule has 0 bridgehead atoms. The summed E-state index contributed by atoms with van der Waals surface area (Å²) in [5, 5.41) is 3.37. The van der Waals surface area contributed by atoms with Gasteiger partial charge in [0.15, 0.2) is 0 Å². The van der Waals surface area contributed by atoms with E-state index in [1.54, 1.807) is 0 Å². The Labute approximate surface area is 186 Å². The van der Waals surface area contributed by atoms with Gasteiger partial charge in [0.05, 0.1) is 11.1 Å². The number of fused-ring (bicyclic) bond motifs is 1. The summed E-state index contributed by atoms with van der Waals surface area (Å²) in [7, 11) is 0. The molecule has 1 amide bonds. The van der Waals surface area contributed by atoms with Crippen LogP contribution in [0.1, 0.15) is 59.8 Å². The summed E-state index contributed by atoms with van der Waals surface area (Å²) in [5.74, 6) is 1.32. The number of nitrogens with two attached hydrogens (primary N) is 1. The van der Waals surface area contributed by atoms with Crippen LogP contribution in [0.3, 0.4) is 0 Å². The van der Waals surface area contributed by atoms with Crippen LogP contribution in [0.5, 0.6) is 0 Å². The molecule has 6 heteroatoms. The summed E-state index contributed by atoms with van der Waals surface area (Å²) in [6.07, 6.45) is 5.75. The fraction of sp³-hybridized carbons (Fsp3) is 0.458. The lowest BCUT2D eigenvalue weighted by molar-refractivity contribution is 0.100. The third kappa shape index (κ3) is 3.81. The monoisotopic (exact) mass is 439 g/mol. The highest BCUT2D eigenvalue weighted by Crippen LogP contribution is 2.45. The minimum absolute atomic E-state index is 0.287. The number of hydrogen-bond donors (Lipinski definition) is 2. The van der Waals surface area contributed by atoms with Crippen LogP contribution in [-0.2, 0) is 6.54 Å². The van der Waals surface area contributed by atoms with Crippen molar-refractivity contribution in [2.75, 3.05) is 18.8 Å². The molecule has 1 unspecified atom stereocenters. The predicted octanol–water partition coefficient (Wildman–Crippen LogP) is 5.59. The van der Waals surface area contributed by atoms with Gasteiger partial charge in [-0.15, -0.1) is 11.3 Å². The molecule has 4 nitrogen and oxygen atoms in total. The van der Waals surface area contributed by atoms with E-state index >= 15 is 0 Å². The van der Waals surface area contributed by atoms with Crippen LogP contribution in [0.25, 0.3) is 22.0 Å². The van der Waals surface area contributed by atoms with Gasteiger partial charge in [0.25, 0.3) is 5.91 Å². The number of likely N-dealkylation sites (tertiary alicyclic amines) is 1. The number of H-pyrrole nitrogens is 1. The Morgan fingerprint density at radius 3 is 2.80 bits per heavy atom. The van der Waals surface area contributed by atoms with Crippen molar-refractivity contribution < 1.29 is 4.79 Å². The molecule has 0 spiro atoms. The van der Waals surface area contributed by atoms with Crippen LogP contribution in [0.2, 0.25) is 0 Å². The number of thioether (sulfide) groups is 1. The Hall–Kier alpha value is -1.76. The number of nitrogens with one attached hydrogen (secondary N) is 1. The van der Waals surface area contributed by atoms with E-state index in [0.29, 0.717) is 11.5 Å². The number of benzene rings is 1. The van der Waals surface area contributed by atoms with E-state index in [4.69, 9.17) is 5.73 Å². The van der Waals surface area contributed by atoms with Gasteiger partial charge in [0.2, 0.25) is 0 Å². The summed E-state index contributed by atoms with van der Waals surface area (Å²) in [5.41, 5.74) is 10.9. The molecule has 3 aromatic rings. The van der Waals surface area contributed by atoms with E-state index < -0.39 is 0 Å². The fourth-order valence-electron chi connectivity index (χ4n) is 4.82. The van der Waals surface area contributed by atoms with E-state index in [9.17, 15) is 4.79 Å². The summed E-state index contributed by atoms with van der Waals surface area (Å²) in [6, 6.07) is 6.50. The van der Waals surface area contributed by atoms with Crippen molar-refractivity contribution in [2.24, 2.45) is 5.73 Å². The first kappa shape index (κ1) is 20.2. The number of amides is 1. The molecule has 2 aliphatic rings. The Balaban J connectivity index is 1.55. The molecule has 5 rings (SSSR count). The van der Waals surface area contributed by atoms with Gasteiger partial charge < -0.3 is 10.7 Å². The number of aromatic nitrogens is 1. The molecule has 3 N–H and O–H groups in total. The van der Waals surface area contributed by atoms with Crippen LogP contribution in [0.4, 0.5) is 0 Å². The number of thiophene rings is 1. The van der Waals surface area contributed by atoms with Crippen molar-refractivity contribution in [3.63, 3.8) is 0 Å². The number of nitrogens with zero attached hydrogens (tertiary/aromatic N) is 1. The van der Waals surface area contributed by atoms with E-state index in [0.717, 1.165) is 29.4 Å². The van der Waals surface area contributed by atoms with Crippen LogP contribution < -0.4 is 5.73 Å². The SMILES string of the molecule is CC1(C)CC(c2c[nH]c3c(C(N)=O)cc(-c4csc(CN5CCC5)c4)cc23)CCS1. The second-order valence-electron chi connectivity index (χ2n) is 9.28. The molecule has 2 aromatic heterocycles. The van der Waals surface area contributed by atoms with Gasteiger partial charge >= 0.3 is 0 Å². The minimum Gasteiger partial charge on any atom is -0.366 e. The predicted molar refractivity (Wildman–Crippen MR) is 129 cm³/mol. The average molecular weight is 440 g/mol. The number of rotatable bonds is 5. The van der Waals surface area contributed by atoms with Crippen molar-refractivity contribution in [3.05, 3.63) is 45.8 Å². The van der Waals surface area contributed by atoms with Crippen molar-refractivity contribution in [1.82, 2.24) is 9.88 Å². The van der Waals surface area contributed by atoms with Gasteiger partial charge in [0, 0.05) is 27.8 Å². The highest BCUT2D eigenvalue weighted by molar-refractivity contribution is 8.00. The maximum Gasteiger partial charge on any atom is 0.250 e. The van der Waals surface area contributed by atoms with Gasteiger partial charge in [-0.05, 0) is 84.3 Å². The molecule has 2 aliphatic heterocycles. The quantitative estimate of drug-likeness (QED) is 0.545. The van der Waals surface area contributed by atoms with E-state index in [1.165, 1.54) is 47.7 Å². The average Bonchev–Trinajstić information content (AvgIpc) is 3.30. The number of carbonyl (C=O) groups excluding carboxylic acids is 1. The molecule has 30 heavy (non-hydrogen) atoms. The number of primary amides is 1. The normalized spacial score (nSPS) is 21.6. The Morgan fingerprint density at radius 2 is 2.10 bits per heavy atom. The number of aromatic amines is 1. The summed E-state index contributed by atoms with van der Waals surface area (Å²) in [4.78, 5) is 19.5. The lowest BCUT2D eigenvalue weighted by atomic mass is 9.86. The van der Waals surface area contributed by atoms with Crippen molar-refractivity contribution in [3.8, 4) is 11.1 Å². The standard InChI is InChI=1S/C24H29N3OS2/c1-24(2)11-15(4-7-30-24)21-12-26-22-19(21)9-16(10-20(22)23(25)28)17-8-18(29-14-17)13-27-5-3-6-27/h8-10,12,14-15,26H,3-7,11,13H2,1-2H3,(H2,25,28). The summed E-state index contributed by atoms with van der Waals surface area (Å²) >= 11 is 3.87. The van der Waals surface area contributed by atoms with E-state index in [2.05, 4.69) is 59.2 Å². The second-order valence-corrected chi connectivity index (χ2v) is 12.1. The van der Waals surface area contributed by atoms with E-state index in [-0.39, 0.29) is 10.7 Å². The number of hydrogen-bond acceptors (Lipinski definition) is 4. The number of carbonyl (C=O) groups is 1. The second kappa shape index (κ2) is 7.74. The fourth-order valence-corrected chi connectivity index (χ4v) is 7.03. The third-order valence-corrected chi connectivity index (χ3v) is 8.85. The maximum absolute atomic E-state index is 12.3. The molecule has 1 aromatic carbocycles. The first-order valence-electron chi connectivity index (χ1n) is 10.8. The van der Waals surface area contributed by atoms with Crippen LogP contribution in [-0.4, -0.2) is 39.4 Å². The van der Waals surface area contributed by atoms with Crippen molar-refractivity contribution in [1.29, 1.82) is 0 Å². The highest BCUT2D eigenvalue weighted by atomic mass is 32.2. The first-order chi connectivity index (χ1) is 14.4. The van der Waals surface area contributed by atoms with Crippen LogP contribution >= 0.6 is 23.1 Å². The zero-order chi connectivity index (χ0) is 20.9. The van der Waals surface area contributed by atoms with Gasteiger partial charge in [0.1, 0.15) is 0 Å². The smallest absolute Gasteiger partial charge is 0.250 e. The Kier molecular flexibility index (Phi) is 5.20. The zero-order valence-electron chi connectivity index (χ0n) is 17.7. The van der Waals surface area contributed by atoms with Crippen molar-refractivity contribution >= 4 is 39.9 Å². The van der Waals surface area contributed by atoms with Crippen LogP contribution in [0, 0.1) is 0 Å². The maximum atomic E-state index is 12.3. The molecule has 4 heterocycles. The minimum atomic E-state index is -0.370. The van der Waals surface area contributed by atoms with Gasteiger partial charge in [-0.1, -0.05) is 13.8 Å². The lowest BCUT2D eigenvalue weighted by Crippen LogP contribution is -2.35. The molecule has 0 aliphatic carbocycles. The zero-order valence-corrected chi connectivity index (χ0v) is 19.3.